The smallest absolute Gasteiger partial charge is 0.408 e. The first-order valence-electron chi connectivity index (χ1n) is 17.8. The average molecular weight is 793 g/mol. The normalized spacial score (nSPS) is 22.5. The number of rotatable bonds is 14. The number of pyridine rings is 1. The minimum atomic E-state index is -3.94. The average Bonchev–Trinajstić information content (AvgIpc) is 4.00. The van der Waals surface area contributed by atoms with Gasteiger partial charge in [-0.15, -0.1) is 17.9 Å². The van der Waals surface area contributed by atoms with E-state index in [-0.39, 0.29) is 25.9 Å². The largest absolute Gasteiger partial charge is 0.486 e. The van der Waals surface area contributed by atoms with Crippen LogP contribution in [0.25, 0.3) is 21.5 Å². The Balaban J connectivity index is 1.32. The topological polar surface area (TPSA) is 202 Å². The van der Waals surface area contributed by atoms with Gasteiger partial charge in [0.1, 0.15) is 40.8 Å². The van der Waals surface area contributed by atoms with Gasteiger partial charge in [-0.25, -0.2) is 18.2 Å². The summed E-state index contributed by atoms with van der Waals surface area (Å²) in [6.07, 6.45) is 1.65. The summed E-state index contributed by atoms with van der Waals surface area (Å²) in [5.41, 5.74) is -1.23. The van der Waals surface area contributed by atoms with Crippen molar-refractivity contribution in [1.82, 2.24) is 30.6 Å². The predicted molar refractivity (Wildman–Crippen MR) is 205 cm³/mol. The van der Waals surface area contributed by atoms with E-state index in [2.05, 4.69) is 33.8 Å². The molecule has 0 radical (unpaired) electrons. The molecule has 3 aromatic rings. The molecule has 0 bridgehead atoms. The molecule has 4 N–H and O–H groups in total. The van der Waals surface area contributed by atoms with Gasteiger partial charge < -0.3 is 30.3 Å². The van der Waals surface area contributed by atoms with Crippen molar-refractivity contribution in [2.75, 3.05) is 13.1 Å². The number of alkyl carbamates (subject to hydrolysis) is 1. The molecule has 6 rings (SSSR count). The highest BCUT2D eigenvalue weighted by molar-refractivity contribution is 7.91. The summed E-state index contributed by atoms with van der Waals surface area (Å²) in [6.45, 7) is 11.6. The summed E-state index contributed by atoms with van der Waals surface area (Å²) >= 11 is 1.46. The first-order valence-corrected chi connectivity index (χ1v) is 20.3. The van der Waals surface area contributed by atoms with Gasteiger partial charge in [0.2, 0.25) is 27.7 Å². The standard InChI is InChI=1S/C38H44N6O9S2/c1-6-23-19-38(23,35(48)43-55(50,51)25-14-15-25)42-33(46)28-18-24(52-29-17-22-11-8-9-12-26(22)40-32(29)30-13-10-16-54-30)21-44(28)34(47)27(20-39-31(45)7-2)41-36(49)53-37(3,4)5/h6-13,16-17,23-25,27-28H,1-2,14-15,18-21H2,3-5H3,(H,39,45)(H,41,49)(H,42,46)(H,43,48)/t23-,24-,27+,28+,38-/m1/s1. The molecule has 15 nitrogen and oxygen atoms in total. The molecule has 2 saturated carbocycles. The number of hydrogen-bond donors (Lipinski definition) is 4. The molecule has 0 unspecified atom stereocenters. The van der Waals surface area contributed by atoms with Gasteiger partial charge >= 0.3 is 6.09 Å². The molecule has 1 aliphatic heterocycles. The number of ether oxygens (including phenoxy) is 2. The van der Waals surface area contributed by atoms with E-state index in [1.807, 2.05) is 47.8 Å². The summed E-state index contributed by atoms with van der Waals surface area (Å²) in [6, 6.07) is 10.5. The fourth-order valence-electron chi connectivity index (χ4n) is 6.47. The monoisotopic (exact) mass is 792 g/mol. The van der Waals surface area contributed by atoms with Crippen LogP contribution in [0.5, 0.6) is 5.75 Å². The van der Waals surface area contributed by atoms with Crippen molar-refractivity contribution in [2.45, 2.75) is 81.0 Å². The summed E-state index contributed by atoms with van der Waals surface area (Å²) in [5, 5.41) is 9.81. The number of aromatic nitrogens is 1. The third-order valence-corrected chi connectivity index (χ3v) is 12.2. The second-order valence-corrected chi connectivity index (χ2v) is 17.7. The van der Waals surface area contributed by atoms with Gasteiger partial charge in [-0.05, 0) is 69.7 Å². The second-order valence-electron chi connectivity index (χ2n) is 14.8. The quantitative estimate of drug-likeness (QED) is 0.139. The minimum Gasteiger partial charge on any atom is -0.486 e. The van der Waals surface area contributed by atoms with Crippen LogP contribution >= 0.6 is 11.3 Å². The highest BCUT2D eigenvalue weighted by atomic mass is 32.2. The number of sulfonamides is 1. The number of nitrogens with zero attached hydrogens (tertiary/aromatic N) is 2. The molecule has 0 spiro atoms. The van der Waals surface area contributed by atoms with Crippen LogP contribution in [0.3, 0.4) is 0 Å². The Kier molecular flexibility index (Phi) is 11.1. The van der Waals surface area contributed by atoms with Crippen LogP contribution < -0.4 is 25.4 Å². The fourth-order valence-corrected chi connectivity index (χ4v) is 8.56. The van der Waals surface area contributed by atoms with Crippen molar-refractivity contribution in [3.05, 3.63) is 73.2 Å². The lowest BCUT2D eigenvalue weighted by atomic mass is 10.1. The molecule has 292 valence electrons. The van der Waals surface area contributed by atoms with Gasteiger partial charge in [0, 0.05) is 24.3 Å². The Morgan fingerprint density at radius 3 is 2.49 bits per heavy atom. The number of fused-ring (bicyclic) bond motifs is 1. The molecule has 3 heterocycles. The zero-order valence-corrected chi connectivity index (χ0v) is 32.3. The SMILES string of the molecule is C=CC(=O)NC[C@H](NC(=O)OC(C)(C)C)C(=O)N1C[C@H](Oc2cc3ccccc3nc2-c2cccs2)C[C@H]1C(=O)N[C@]1(C(=O)NS(=O)(=O)C2CC2)C[C@H]1C=C. The maximum Gasteiger partial charge on any atom is 0.408 e. The first kappa shape index (κ1) is 39.4. The predicted octanol–water partition coefficient (Wildman–Crippen LogP) is 3.18. The Hall–Kier alpha value is -5.29. The molecule has 3 aliphatic rings. The number of likely N-dealkylation sites (tertiary alicyclic amines) is 1. The number of amides is 5. The molecule has 17 heteroatoms. The second kappa shape index (κ2) is 15.5. The Labute approximate surface area is 323 Å². The van der Waals surface area contributed by atoms with Crippen LogP contribution in [0.15, 0.2) is 73.2 Å². The number of para-hydroxylation sites is 1. The van der Waals surface area contributed by atoms with Gasteiger partial charge in [0.05, 0.1) is 22.2 Å². The van der Waals surface area contributed by atoms with E-state index in [1.54, 1.807) is 20.8 Å². The van der Waals surface area contributed by atoms with Crippen molar-refractivity contribution in [2.24, 2.45) is 5.92 Å². The van der Waals surface area contributed by atoms with E-state index in [0.29, 0.717) is 24.3 Å². The summed E-state index contributed by atoms with van der Waals surface area (Å²) in [5.74, 6) is -3.15. The van der Waals surface area contributed by atoms with E-state index >= 15 is 0 Å². The van der Waals surface area contributed by atoms with Crippen molar-refractivity contribution in [3.8, 4) is 16.3 Å². The molecule has 2 aromatic heterocycles. The number of hydrogen-bond acceptors (Lipinski definition) is 11. The lowest BCUT2D eigenvalue weighted by Gasteiger charge is -2.30. The van der Waals surface area contributed by atoms with E-state index in [4.69, 9.17) is 14.5 Å². The molecular formula is C38H44N6O9S2. The molecule has 1 aromatic carbocycles. The molecular weight excluding hydrogens is 749 g/mol. The van der Waals surface area contributed by atoms with E-state index in [1.165, 1.54) is 22.3 Å². The molecule has 2 aliphatic carbocycles. The molecule has 5 atom stereocenters. The van der Waals surface area contributed by atoms with Crippen molar-refractivity contribution < 1.29 is 41.9 Å². The molecule has 5 amide bonds. The third kappa shape index (κ3) is 8.99. The maximum absolute atomic E-state index is 14.5. The summed E-state index contributed by atoms with van der Waals surface area (Å²) in [4.78, 5) is 74.3. The third-order valence-electron chi connectivity index (χ3n) is 9.49. The van der Waals surface area contributed by atoms with Gasteiger partial charge in [-0.1, -0.05) is 36.9 Å². The van der Waals surface area contributed by atoms with Crippen LogP contribution in [0.1, 0.15) is 46.5 Å². The molecule has 3 fully saturated rings. The van der Waals surface area contributed by atoms with Crippen LogP contribution in [0.2, 0.25) is 0 Å². The number of carbonyl (C=O) groups is 5. The summed E-state index contributed by atoms with van der Waals surface area (Å²) < 4.78 is 39.5. The maximum atomic E-state index is 14.5. The van der Waals surface area contributed by atoms with E-state index in [0.717, 1.165) is 21.9 Å². The van der Waals surface area contributed by atoms with E-state index in [9.17, 15) is 32.4 Å². The van der Waals surface area contributed by atoms with Gasteiger partial charge in [0.15, 0.2) is 0 Å². The Bertz CT molecular complexity index is 2130. The van der Waals surface area contributed by atoms with Gasteiger partial charge in [0.25, 0.3) is 5.91 Å². The number of nitrogens with one attached hydrogen (secondary N) is 4. The van der Waals surface area contributed by atoms with Gasteiger partial charge in [-0.2, -0.15) is 0 Å². The Morgan fingerprint density at radius 2 is 1.85 bits per heavy atom. The fraction of sp³-hybridized carbons (Fsp3) is 0.421. The first-order chi connectivity index (χ1) is 26.0. The zero-order chi connectivity index (χ0) is 39.7. The lowest BCUT2D eigenvalue weighted by molar-refractivity contribution is -0.141. The van der Waals surface area contributed by atoms with Crippen LogP contribution in [0.4, 0.5) is 4.79 Å². The molecule has 55 heavy (non-hydrogen) atoms. The van der Waals surface area contributed by atoms with Crippen LogP contribution in [-0.4, -0.2) is 95.7 Å². The highest BCUT2D eigenvalue weighted by Gasteiger charge is 2.62. The van der Waals surface area contributed by atoms with E-state index < -0.39 is 80.2 Å². The lowest BCUT2D eigenvalue weighted by Crippen LogP contribution is -2.59. The number of thiophene rings is 1. The van der Waals surface area contributed by atoms with Crippen molar-refractivity contribution >= 4 is 62.0 Å². The minimum absolute atomic E-state index is 0.0523. The zero-order valence-electron chi connectivity index (χ0n) is 30.7. The highest BCUT2D eigenvalue weighted by Crippen LogP contribution is 2.45. The number of benzene rings is 1. The van der Waals surface area contributed by atoms with Crippen LogP contribution in [-0.2, 0) is 33.9 Å². The van der Waals surface area contributed by atoms with Crippen molar-refractivity contribution in [1.29, 1.82) is 0 Å². The van der Waals surface area contributed by atoms with Crippen LogP contribution in [0, 0.1) is 5.92 Å². The van der Waals surface area contributed by atoms with Gasteiger partial charge in [-0.3, -0.25) is 23.9 Å². The summed E-state index contributed by atoms with van der Waals surface area (Å²) in [7, 11) is -3.94. The Morgan fingerprint density at radius 1 is 1.11 bits per heavy atom. The number of carbonyl (C=O) groups excluding carboxylic acids is 5. The van der Waals surface area contributed by atoms with Crippen molar-refractivity contribution in [3.63, 3.8) is 0 Å². The molecule has 1 saturated heterocycles.